The van der Waals surface area contributed by atoms with E-state index in [1.165, 1.54) is 24.5 Å². The van der Waals surface area contributed by atoms with Crippen LogP contribution in [0, 0.1) is 0 Å². The van der Waals surface area contributed by atoms with Crippen LogP contribution in [-0.2, 0) is 27.9 Å². The predicted octanol–water partition coefficient (Wildman–Crippen LogP) is 2.58. The van der Waals surface area contributed by atoms with E-state index in [-0.39, 0.29) is 17.3 Å². The highest BCUT2D eigenvalue weighted by molar-refractivity contribution is 7.89. The summed E-state index contributed by atoms with van der Waals surface area (Å²) in [6.45, 7) is 0.361. The molecule has 0 fully saturated rings. The minimum Gasteiger partial charge on any atom is -0.468 e. The highest BCUT2D eigenvalue weighted by atomic mass is 32.2. The number of sulfonamides is 1. The molecule has 0 aliphatic rings. The van der Waals surface area contributed by atoms with Gasteiger partial charge in [0.05, 0.1) is 17.7 Å². The Bertz CT molecular complexity index is 1190. The number of primary amides is 1. The van der Waals surface area contributed by atoms with Gasteiger partial charge in [0.2, 0.25) is 15.9 Å². The summed E-state index contributed by atoms with van der Waals surface area (Å²) in [5.41, 5.74) is 7.14. The van der Waals surface area contributed by atoms with E-state index >= 15 is 0 Å². The second kappa shape index (κ2) is 10.4. The molecule has 0 saturated heterocycles. The Morgan fingerprint density at radius 3 is 2.31 bits per heavy atom. The number of nitrogens with one attached hydrogen (secondary N) is 3. The number of nitrogens with two attached hydrogens (primary N) is 1. The van der Waals surface area contributed by atoms with Crippen molar-refractivity contribution in [3.8, 4) is 0 Å². The van der Waals surface area contributed by atoms with Crippen molar-refractivity contribution in [1.29, 1.82) is 0 Å². The molecule has 0 radical (unpaired) electrons. The number of rotatable bonds is 9. The molecule has 10 heteroatoms. The van der Waals surface area contributed by atoms with Gasteiger partial charge in [-0.2, -0.15) is 0 Å². The van der Waals surface area contributed by atoms with Crippen molar-refractivity contribution < 1.29 is 22.4 Å². The molecule has 0 saturated carbocycles. The fourth-order valence-electron chi connectivity index (χ4n) is 2.69. The first kappa shape index (κ1) is 22.8. The third-order valence-corrected chi connectivity index (χ3v) is 5.74. The van der Waals surface area contributed by atoms with E-state index in [2.05, 4.69) is 15.4 Å². The maximum atomic E-state index is 12.3. The normalized spacial score (nSPS) is 11.4. The second-order valence-electron chi connectivity index (χ2n) is 6.71. The summed E-state index contributed by atoms with van der Waals surface area (Å²) in [5, 5.41) is 5.20. The quantitative estimate of drug-likeness (QED) is 0.367. The highest BCUT2D eigenvalue weighted by Crippen LogP contribution is 2.13. The fourth-order valence-corrected chi connectivity index (χ4v) is 3.68. The van der Waals surface area contributed by atoms with E-state index in [9.17, 15) is 18.0 Å². The van der Waals surface area contributed by atoms with Crippen LogP contribution < -0.4 is 21.1 Å². The Kier molecular flexibility index (Phi) is 7.42. The molecule has 2 aromatic carbocycles. The minimum atomic E-state index is -3.68. The first-order valence-electron chi connectivity index (χ1n) is 9.55. The second-order valence-corrected chi connectivity index (χ2v) is 8.48. The number of carbonyl (C=O) groups excluding carboxylic acids is 2. The summed E-state index contributed by atoms with van der Waals surface area (Å²) in [6.07, 6.45) is 4.42. The Morgan fingerprint density at radius 2 is 1.69 bits per heavy atom. The summed E-state index contributed by atoms with van der Waals surface area (Å²) in [5.74, 6) is 0.207. The molecule has 0 atom stereocenters. The zero-order valence-corrected chi connectivity index (χ0v) is 17.8. The first-order chi connectivity index (χ1) is 15.3. The third kappa shape index (κ3) is 6.83. The summed E-state index contributed by atoms with van der Waals surface area (Å²) in [4.78, 5) is 23.0. The predicted molar refractivity (Wildman–Crippen MR) is 120 cm³/mol. The molecule has 0 spiro atoms. The van der Waals surface area contributed by atoms with Gasteiger partial charge in [0, 0.05) is 18.3 Å². The van der Waals surface area contributed by atoms with Gasteiger partial charge in [0.15, 0.2) is 0 Å². The van der Waals surface area contributed by atoms with Crippen LogP contribution in [0.2, 0.25) is 0 Å². The molecule has 3 amide bonds. The van der Waals surface area contributed by atoms with Crippen molar-refractivity contribution in [1.82, 2.24) is 10.0 Å². The molecule has 5 N–H and O–H groups in total. The maximum Gasteiger partial charge on any atom is 0.316 e. The number of furan rings is 1. The van der Waals surface area contributed by atoms with Crippen LogP contribution in [0.15, 0.2) is 82.3 Å². The lowest BCUT2D eigenvalue weighted by molar-refractivity contribution is -0.116. The van der Waals surface area contributed by atoms with Crippen LogP contribution in [-0.4, -0.2) is 20.4 Å². The molecular weight excluding hydrogens is 432 g/mol. The summed E-state index contributed by atoms with van der Waals surface area (Å²) in [7, 11) is -3.68. The number of anilines is 1. The Morgan fingerprint density at radius 1 is 0.969 bits per heavy atom. The molecule has 0 unspecified atom stereocenters. The van der Waals surface area contributed by atoms with Gasteiger partial charge in [-0.25, -0.2) is 17.9 Å². The van der Waals surface area contributed by atoms with Crippen molar-refractivity contribution in [3.05, 3.63) is 89.9 Å². The Balaban J connectivity index is 1.50. The zero-order chi connectivity index (χ0) is 23.0. The van der Waals surface area contributed by atoms with E-state index in [1.807, 2.05) is 0 Å². The molecule has 3 aromatic rings. The average Bonchev–Trinajstić information content (AvgIpc) is 3.30. The number of hydrogen-bond acceptors (Lipinski definition) is 5. The molecule has 32 heavy (non-hydrogen) atoms. The van der Waals surface area contributed by atoms with Crippen LogP contribution in [0.4, 0.5) is 10.5 Å². The maximum absolute atomic E-state index is 12.3. The number of amides is 3. The molecule has 3 rings (SSSR count). The number of carbonyl (C=O) groups is 2. The van der Waals surface area contributed by atoms with Crippen LogP contribution in [0.3, 0.4) is 0 Å². The lowest BCUT2D eigenvalue weighted by Crippen LogP contribution is -2.22. The largest absolute Gasteiger partial charge is 0.468 e. The van der Waals surface area contributed by atoms with Gasteiger partial charge in [-0.3, -0.25) is 4.79 Å². The van der Waals surface area contributed by atoms with E-state index < -0.39 is 16.1 Å². The molecule has 0 bridgehead atoms. The monoisotopic (exact) mass is 454 g/mol. The zero-order valence-electron chi connectivity index (χ0n) is 16.9. The van der Waals surface area contributed by atoms with Gasteiger partial charge in [-0.1, -0.05) is 24.3 Å². The molecule has 0 aliphatic carbocycles. The van der Waals surface area contributed by atoms with Gasteiger partial charge < -0.3 is 20.8 Å². The van der Waals surface area contributed by atoms with E-state index in [0.29, 0.717) is 23.6 Å². The molecule has 0 aliphatic heterocycles. The molecular formula is C22H22N4O5S. The van der Waals surface area contributed by atoms with E-state index in [1.54, 1.807) is 54.6 Å². The topological polar surface area (TPSA) is 144 Å². The number of hydrogen-bond donors (Lipinski definition) is 4. The Labute approximate surface area is 185 Å². The van der Waals surface area contributed by atoms with Crippen LogP contribution in [0.1, 0.15) is 16.9 Å². The molecule has 1 aromatic heterocycles. The SMILES string of the molecule is NC(=O)Nc1ccc(CNC(=O)/C=C/c2ccc(S(=O)(=O)NCc3ccco3)cc2)cc1. The number of urea groups is 1. The summed E-state index contributed by atoms with van der Waals surface area (Å²) >= 11 is 0. The van der Waals surface area contributed by atoms with Gasteiger partial charge >= 0.3 is 6.03 Å². The van der Waals surface area contributed by atoms with Crippen LogP contribution in [0.25, 0.3) is 6.08 Å². The van der Waals surface area contributed by atoms with Gasteiger partial charge in [0.25, 0.3) is 0 Å². The number of benzene rings is 2. The van der Waals surface area contributed by atoms with Crippen LogP contribution >= 0.6 is 0 Å². The molecule has 1 heterocycles. The van der Waals surface area contributed by atoms with Crippen molar-refractivity contribution in [2.45, 2.75) is 18.0 Å². The van der Waals surface area contributed by atoms with E-state index in [0.717, 1.165) is 5.56 Å². The molecule has 9 nitrogen and oxygen atoms in total. The van der Waals surface area contributed by atoms with Crippen molar-refractivity contribution in [2.24, 2.45) is 5.73 Å². The lowest BCUT2D eigenvalue weighted by Gasteiger charge is -2.06. The Hall–Kier alpha value is -3.89. The van der Waals surface area contributed by atoms with E-state index in [4.69, 9.17) is 10.2 Å². The van der Waals surface area contributed by atoms with Crippen molar-refractivity contribution in [2.75, 3.05) is 5.32 Å². The van der Waals surface area contributed by atoms with Gasteiger partial charge in [-0.05, 0) is 53.6 Å². The summed E-state index contributed by atoms with van der Waals surface area (Å²) in [6, 6.07) is 15.7. The lowest BCUT2D eigenvalue weighted by atomic mass is 10.2. The third-order valence-electron chi connectivity index (χ3n) is 4.32. The standard InChI is InChI=1S/C22H22N4O5S/c23-22(28)26-18-8-3-17(4-9-18)14-24-21(27)12-7-16-5-10-20(11-6-16)32(29,30)25-15-19-2-1-13-31-19/h1-13,25H,14-15H2,(H,24,27)(H3,23,26,28)/b12-7+. The smallest absolute Gasteiger partial charge is 0.316 e. The first-order valence-corrected chi connectivity index (χ1v) is 11.0. The molecule has 166 valence electrons. The highest BCUT2D eigenvalue weighted by Gasteiger charge is 2.14. The van der Waals surface area contributed by atoms with Gasteiger partial charge in [-0.15, -0.1) is 0 Å². The summed E-state index contributed by atoms with van der Waals surface area (Å²) < 4.78 is 32.2. The van der Waals surface area contributed by atoms with Gasteiger partial charge in [0.1, 0.15) is 5.76 Å². The van der Waals surface area contributed by atoms with Crippen molar-refractivity contribution in [3.63, 3.8) is 0 Å². The average molecular weight is 455 g/mol. The van der Waals surface area contributed by atoms with Crippen LogP contribution in [0.5, 0.6) is 0 Å². The fraction of sp³-hybridized carbons (Fsp3) is 0.0909. The van der Waals surface area contributed by atoms with Crippen molar-refractivity contribution >= 4 is 33.7 Å². The minimum absolute atomic E-state index is 0.0571.